The minimum atomic E-state index is -2.90. The second-order valence-corrected chi connectivity index (χ2v) is 7.02. The maximum Gasteiger partial charge on any atom is 0.191 e. The molecule has 1 unspecified atom stereocenters. The zero-order valence-corrected chi connectivity index (χ0v) is 15.8. The smallest absolute Gasteiger partial charge is 0.191 e. The van der Waals surface area contributed by atoms with E-state index >= 15 is 0 Å². The van der Waals surface area contributed by atoms with Gasteiger partial charge in [-0.05, 0) is 18.9 Å². The first kappa shape index (κ1) is 20.2. The van der Waals surface area contributed by atoms with E-state index in [9.17, 15) is 8.42 Å². The molecule has 0 amide bonds. The molecule has 0 saturated heterocycles. The predicted molar refractivity (Wildman–Crippen MR) is 99.1 cm³/mol. The van der Waals surface area contributed by atoms with Crippen LogP contribution >= 0.6 is 24.0 Å². The Labute approximate surface area is 144 Å². The van der Waals surface area contributed by atoms with Crippen molar-refractivity contribution in [3.63, 3.8) is 0 Å². The SMILES string of the molecule is CN=C(NCCCS(C)(=O)=O)NC(C)c1ccccc1.I. The van der Waals surface area contributed by atoms with Gasteiger partial charge in [-0.1, -0.05) is 30.3 Å². The van der Waals surface area contributed by atoms with Crippen molar-refractivity contribution in [1.82, 2.24) is 10.6 Å². The monoisotopic (exact) mass is 425 g/mol. The molecule has 5 nitrogen and oxygen atoms in total. The highest BCUT2D eigenvalue weighted by molar-refractivity contribution is 14.0. The second-order valence-electron chi connectivity index (χ2n) is 4.76. The molecule has 1 aromatic carbocycles. The Balaban J connectivity index is 0.00000400. The molecule has 0 spiro atoms. The molecule has 0 aliphatic carbocycles. The minimum Gasteiger partial charge on any atom is -0.356 e. The Hall–Kier alpha value is -0.830. The summed E-state index contributed by atoms with van der Waals surface area (Å²) in [4.78, 5) is 4.13. The number of hydrogen-bond donors (Lipinski definition) is 2. The van der Waals surface area contributed by atoms with Crippen LogP contribution in [0.15, 0.2) is 35.3 Å². The fraction of sp³-hybridized carbons (Fsp3) is 0.500. The summed E-state index contributed by atoms with van der Waals surface area (Å²) in [5.41, 5.74) is 1.17. The highest BCUT2D eigenvalue weighted by atomic mass is 127. The first-order valence-corrected chi connectivity index (χ1v) is 8.68. The zero-order chi connectivity index (χ0) is 15.0. The summed E-state index contributed by atoms with van der Waals surface area (Å²) in [6.07, 6.45) is 1.82. The maximum atomic E-state index is 11.0. The van der Waals surface area contributed by atoms with Gasteiger partial charge >= 0.3 is 0 Å². The number of nitrogens with one attached hydrogen (secondary N) is 2. The van der Waals surface area contributed by atoms with Crippen LogP contribution in [0.5, 0.6) is 0 Å². The largest absolute Gasteiger partial charge is 0.356 e. The van der Waals surface area contributed by atoms with Crippen molar-refractivity contribution in [1.29, 1.82) is 0 Å². The van der Waals surface area contributed by atoms with Gasteiger partial charge in [-0.2, -0.15) is 0 Å². The number of hydrogen-bond acceptors (Lipinski definition) is 3. The van der Waals surface area contributed by atoms with Crippen LogP contribution in [-0.4, -0.2) is 40.0 Å². The Kier molecular flexibility index (Phi) is 9.60. The van der Waals surface area contributed by atoms with Crippen molar-refractivity contribution in [2.24, 2.45) is 4.99 Å². The highest BCUT2D eigenvalue weighted by Gasteiger charge is 2.07. The van der Waals surface area contributed by atoms with E-state index in [4.69, 9.17) is 0 Å². The van der Waals surface area contributed by atoms with Gasteiger partial charge in [0.05, 0.1) is 11.8 Å². The molecule has 2 N–H and O–H groups in total. The van der Waals surface area contributed by atoms with Crippen LogP contribution in [0.4, 0.5) is 0 Å². The summed E-state index contributed by atoms with van der Waals surface area (Å²) in [6.45, 7) is 2.63. The van der Waals surface area contributed by atoms with Gasteiger partial charge in [-0.3, -0.25) is 4.99 Å². The first-order chi connectivity index (χ1) is 9.42. The van der Waals surface area contributed by atoms with Crippen molar-refractivity contribution in [2.45, 2.75) is 19.4 Å². The van der Waals surface area contributed by atoms with Crippen LogP contribution in [0.25, 0.3) is 0 Å². The molecule has 0 saturated carbocycles. The van der Waals surface area contributed by atoms with E-state index in [-0.39, 0.29) is 35.8 Å². The van der Waals surface area contributed by atoms with E-state index in [0.29, 0.717) is 18.9 Å². The summed E-state index contributed by atoms with van der Waals surface area (Å²) >= 11 is 0. The van der Waals surface area contributed by atoms with Crippen molar-refractivity contribution in [3.05, 3.63) is 35.9 Å². The summed E-state index contributed by atoms with van der Waals surface area (Å²) in [6, 6.07) is 10.2. The van der Waals surface area contributed by atoms with Gasteiger partial charge in [0.2, 0.25) is 0 Å². The lowest BCUT2D eigenvalue weighted by Crippen LogP contribution is -2.39. The van der Waals surface area contributed by atoms with E-state index < -0.39 is 9.84 Å². The first-order valence-electron chi connectivity index (χ1n) is 6.62. The van der Waals surface area contributed by atoms with E-state index in [2.05, 4.69) is 34.7 Å². The zero-order valence-electron chi connectivity index (χ0n) is 12.7. The van der Waals surface area contributed by atoms with Crippen molar-refractivity contribution >= 4 is 39.8 Å². The topological polar surface area (TPSA) is 70.6 Å². The van der Waals surface area contributed by atoms with Crippen molar-refractivity contribution in [3.8, 4) is 0 Å². The van der Waals surface area contributed by atoms with Crippen LogP contribution in [0.1, 0.15) is 24.9 Å². The number of halogens is 1. The van der Waals surface area contributed by atoms with Gasteiger partial charge in [0.1, 0.15) is 9.84 Å². The normalized spacial score (nSPS) is 13.2. The number of nitrogens with zero attached hydrogens (tertiary/aromatic N) is 1. The second kappa shape index (κ2) is 9.99. The number of guanidine groups is 1. The van der Waals surface area contributed by atoms with Crippen LogP contribution in [0.3, 0.4) is 0 Å². The molecule has 120 valence electrons. The van der Waals surface area contributed by atoms with Gasteiger partial charge in [-0.25, -0.2) is 8.42 Å². The molecular weight excluding hydrogens is 401 g/mol. The Bertz CT molecular complexity index is 532. The molecule has 21 heavy (non-hydrogen) atoms. The summed E-state index contributed by atoms with van der Waals surface area (Å²) < 4.78 is 22.1. The Morgan fingerprint density at radius 1 is 1.29 bits per heavy atom. The summed E-state index contributed by atoms with van der Waals surface area (Å²) in [5.74, 6) is 0.862. The molecule has 0 aromatic heterocycles. The van der Waals surface area contributed by atoms with Gasteiger partial charge in [0, 0.05) is 19.8 Å². The average molecular weight is 425 g/mol. The molecule has 0 heterocycles. The van der Waals surface area contributed by atoms with E-state index in [1.165, 1.54) is 11.8 Å². The van der Waals surface area contributed by atoms with Crippen LogP contribution in [0.2, 0.25) is 0 Å². The van der Waals surface area contributed by atoms with Gasteiger partial charge in [0.15, 0.2) is 5.96 Å². The van der Waals surface area contributed by atoms with Crippen molar-refractivity contribution < 1.29 is 8.42 Å². The Morgan fingerprint density at radius 2 is 1.90 bits per heavy atom. The Morgan fingerprint density at radius 3 is 2.43 bits per heavy atom. The quantitative estimate of drug-likeness (QED) is 0.317. The predicted octanol–water partition coefficient (Wildman–Crippen LogP) is 1.97. The van der Waals surface area contributed by atoms with E-state index in [0.717, 1.165) is 0 Å². The fourth-order valence-corrected chi connectivity index (χ4v) is 2.43. The van der Waals surface area contributed by atoms with Crippen molar-refractivity contribution in [2.75, 3.05) is 25.6 Å². The van der Waals surface area contributed by atoms with Gasteiger partial charge in [0.25, 0.3) is 0 Å². The molecule has 0 fully saturated rings. The molecule has 1 aromatic rings. The number of sulfone groups is 1. The van der Waals surface area contributed by atoms with E-state index in [1.54, 1.807) is 7.05 Å². The summed E-state index contributed by atoms with van der Waals surface area (Å²) in [5, 5.41) is 6.39. The molecule has 0 aliphatic rings. The maximum absolute atomic E-state index is 11.0. The molecule has 0 radical (unpaired) electrons. The lowest BCUT2D eigenvalue weighted by molar-refractivity contribution is 0.598. The van der Waals surface area contributed by atoms with Gasteiger partial charge in [-0.15, -0.1) is 24.0 Å². The molecule has 0 bridgehead atoms. The summed E-state index contributed by atoms with van der Waals surface area (Å²) in [7, 11) is -1.20. The third kappa shape index (κ3) is 8.92. The molecular formula is C14H24IN3O2S. The molecule has 1 rings (SSSR count). The highest BCUT2D eigenvalue weighted by Crippen LogP contribution is 2.10. The number of rotatable bonds is 6. The van der Waals surface area contributed by atoms with Crippen LogP contribution in [0, 0.1) is 0 Å². The van der Waals surface area contributed by atoms with Crippen LogP contribution in [-0.2, 0) is 9.84 Å². The standard InChI is InChI=1S/C14H23N3O2S.HI/c1-12(13-8-5-4-6-9-13)17-14(15-2)16-10-7-11-20(3,18)19;/h4-6,8-9,12H,7,10-11H2,1-3H3,(H2,15,16,17);1H. The molecule has 7 heteroatoms. The fourth-order valence-electron chi connectivity index (χ4n) is 1.77. The lowest BCUT2D eigenvalue weighted by atomic mass is 10.1. The van der Waals surface area contributed by atoms with Gasteiger partial charge < -0.3 is 10.6 Å². The minimum absolute atomic E-state index is 0. The molecule has 1 atom stereocenters. The third-order valence-electron chi connectivity index (χ3n) is 2.86. The third-order valence-corrected chi connectivity index (χ3v) is 3.89. The number of benzene rings is 1. The van der Waals surface area contributed by atoms with Crippen LogP contribution < -0.4 is 10.6 Å². The number of aliphatic imine (C=N–C) groups is 1. The lowest BCUT2D eigenvalue weighted by Gasteiger charge is -2.18. The molecule has 0 aliphatic heterocycles. The average Bonchev–Trinajstić information content (AvgIpc) is 2.42. The van der Waals surface area contributed by atoms with E-state index in [1.807, 2.05) is 18.2 Å².